The lowest BCUT2D eigenvalue weighted by Gasteiger charge is -2.22. The van der Waals surface area contributed by atoms with Crippen LogP contribution in [0.2, 0.25) is 0 Å². The third kappa shape index (κ3) is 4.20. The molecule has 8 heteroatoms. The molecule has 1 aliphatic heterocycles. The molecular formula is C14H15F3N2O3. The number of ether oxygens (including phenoxy) is 1. The highest BCUT2D eigenvalue weighted by Crippen LogP contribution is 2.22. The summed E-state index contributed by atoms with van der Waals surface area (Å²) in [7, 11) is 0. The number of hydrogen-bond donors (Lipinski definition) is 2. The molecule has 2 N–H and O–H groups in total. The van der Waals surface area contributed by atoms with Crippen molar-refractivity contribution in [2.45, 2.75) is 31.3 Å². The number of alkyl halides is 3. The minimum atomic E-state index is -5.12. The second kappa shape index (κ2) is 6.78. The predicted molar refractivity (Wildman–Crippen MR) is 70.5 cm³/mol. The molecule has 1 unspecified atom stereocenters. The summed E-state index contributed by atoms with van der Waals surface area (Å²) in [6, 6.07) is 7.25. The van der Waals surface area contributed by atoms with Gasteiger partial charge in [-0.15, -0.1) is 0 Å². The molecule has 1 aromatic rings. The van der Waals surface area contributed by atoms with Crippen LogP contribution in [0, 0.1) is 0 Å². The number of hydrogen-bond acceptors (Lipinski definition) is 4. The van der Waals surface area contributed by atoms with E-state index in [0.717, 1.165) is 6.42 Å². The lowest BCUT2D eigenvalue weighted by atomic mass is 10.1. The van der Waals surface area contributed by atoms with Crippen molar-refractivity contribution in [2.75, 3.05) is 6.54 Å². The molecule has 0 bridgehead atoms. The Balaban J connectivity index is 2.11. The van der Waals surface area contributed by atoms with E-state index in [-0.39, 0.29) is 5.56 Å². The van der Waals surface area contributed by atoms with Crippen LogP contribution in [0.1, 0.15) is 24.6 Å². The van der Waals surface area contributed by atoms with E-state index in [2.05, 4.69) is 15.4 Å². The van der Waals surface area contributed by atoms with Gasteiger partial charge in [-0.2, -0.15) is 13.2 Å². The quantitative estimate of drug-likeness (QED) is 0.655. The number of carbonyl (C=O) groups is 2. The third-order valence-corrected chi connectivity index (χ3v) is 3.21. The molecule has 1 fully saturated rings. The van der Waals surface area contributed by atoms with E-state index >= 15 is 0 Å². The van der Waals surface area contributed by atoms with Crippen LogP contribution < -0.4 is 10.6 Å². The number of esters is 1. The summed E-state index contributed by atoms with van der Waals surface area (Å²) in [5.74, 6) is -2.85. The summed E-state index contributed by atoms with van der Waals surface area (Å²) in [6.45, 7) is 0.663. The van der Waals surface area contributed by atoms with Crippen molar-refractivity contribution in [2.24, 2.45) is 0 Å². The molecule has 2 rings (SSSR count). The van der Waals surface area contributed by atoms with Crippen LogP contribution in [0.25, 0.3) is 0 Å². The van der Waals surface area contributed by atoms with E-state index in [1.165, 1.54) is 12.1 Å². The lowest BCUT2D eigenvalue weighted by Crippen LogP contribution is -2.44. The van der Waals surface area contributed by atoms with E-state index in [1.54, 1.807) is 18.2 Å². The van der Waals surface area contributed by atoms with Gasteiger partial charge < -0.3 is 15.4 Å². The number of rotatable bonds is 4. The number of nitrogens with one attached hydrogen (secondary N) is 2. The van der Waals surface area contributed by atoms with Crippen LogP contribution in [0.15, 0.2) is 30.3 Å². The Morgan fingerprint density at radius 3 is 2.50 bits per heavy atom. The van der Waals surface area contributed by atoms with E-state index in [0.29, 0.717) is 13.0 Å². The van der Waals surface area contributed by atoms with Crippen LogP contribution >= 0.6 is 0 Å². The van der Waals surface area contributed by atoms with Crippen molar-refractivity contribution in [1.82, 2.24) is 10.6 Å². The lowest BCUT2D eigenvalue weighted by molar-refractivity contribution is -0.207. The fraction of sp³-hybridized carbons (Fsp3) is 0.429. The van der Waals surface area contributed by atoms with Gasteiger partial charge in [-0.25, -0.2) is 4.79 Å². The molecule has 2 atom stereocenters. The standard InChI is InChI=1S/C14H15F3N2O3/c15-14(16,17)13(21)22-12(9-5-2-1-3-6-9)19-11(20)10-7-4-8-18-10/h1-3,5-6,10,12,18H,4,7-8H2,(H,19,20)/t10-,12?/m0/s1. The van der Waals surface area contributed by atoms with E-state index in [4.69, 9.17) is 0 Å². The van der Waals surface area contributed by atoms with Gasteiger partial charge in [-0.1, -0.05) is 30.3 Å². The molecular weight excluding hydrogens is 301 g/mol. The molecule has 1 saturated heterocycles. The van der Waals surface area contributed by atoms with Crippen LogP contribution in [-0.2, 0) is 14.3 Å². The normalized spacial score (nSPS) is 19.5. The Morgan fingerprint density at radius 2 is 1.95 bits per heavy atom. The maximum absolute atomic E-state index is 12.4. The highest BCUT2D eigenvalue weighted by atomic mass is 19.4. The van der Waals surface area contributed by atoms with Gasteiger partial charge in [-0.3, -0.25) is 4.79 Å². The molecule has 0 radical (unpaired) electrons. The Kier molecular flexibility index (Phi) is 5.02. The second-order valence-electron chi connectivity index (χ2n) is 4.85. The Morgan fingerprint density at radius 1 is 1.27 bits per heavy atom. The summed E-state index contributed by atoms with van der Waals surface area (Å²) >= 11 is 0. The number of amides is 1. The first kappa shape index (κ1) is 16.3. The van der Waals surface area contributed by atoms with Gasteiger partial charge in [0.25, 0.3) is 0 Å². The molecule has 22 heavy (non-hydrogen) atoms. The van der Waals surface area contributed by atoms with Gasteiger partial charge in [-0.05, 0) is 19.4 Å². The molecule has 1 aliphatic rings. The average molecular weight is 316 g/mol. The molecule has 1 heterocycles. The molecule has 1 aromatic carbocycles. The average Bonchev–Trinajstić information content (AvgIpc) is 3.00. The van der Waals surface area contributed by atoms with E-state index in [9.17, 15) is 22.8 Å². The van der Waals surface area contributed by atoms with E-state index < -0.39 is 30.3 Å². The maximum atomic E-state index is 12.4. The zero-order valence-corrected chi connectivity index (χ0v) is 11.5. The molecule has 120 valence electrons. The smallest absolute Gasteiger partial charge is 0.431 e. The van der Waals surface area contributed by atoms with Crippen molar-refractivity contribution < 1.29 is 27.5 Å². The minimum Gasteiger partial charge on any atom is -0.431 e. The first-order valence-corrected chi connectivity index (χ1v) is 6.74. The maximum Gasteiger partial charge on any atom is 0.491 e. The first-order valence-electron chi connectivity index (χ1n) is 6.74. The van der Waals surface area contributed by atoms with Crippen LogP contribution in [0.5, 0.6) is 0 Å². The van der Waals surface area contributed by atoms with Crippen molar-refractivity contribution >= 4 is 11.9 Å². The number of carbonyl (C=O) groups excluding carboxylic acids is 2. The molecule has 0 aliphatic carbocycles. The minimum absolute atomic E-state index is 0.256. The van der Waals surface area contributed by atoms with E-state index in [1.807, 2.05) is 0 Å². The van der Waals surface area contributed by atoms with Crippen molar-refractivity contribution in [3.63, 3.8) is 0 Å². The molecule has 0 spiro atoms. The van der Waals surface area contributed by atoms with Crippen LogP contribution in [-0.4, -0.2) is 30.6 Å². The van der Waals surface area contributed by atoms with Crippen LogP contribution in [0.4, 0.5) is 13.2 Å². The van der Waals surface area contributed by atoms with Gasteiger partial charge in [0, 0.05) is 5.56 Å². The van der Waals surface area contributed by atoms with Crippen molar-refractivity contribution in [3.8, 4) is 0 Å². The molecule has 1 amide bonds. The van der Waals surface area contributed by atoms with Gasteiger partial charge in [0.2, 0.25) is 12.1 Å². The topological polar surface area (TPSA) is 67.4 Å². The fourth-order valence-corrected chi connectivity index (χ4v) is 2.12. The summed E-state index contributed by atoms with van der Waals surface area (Å²) in [4.78, 5) is 23.1. The Hall–Kier alpha value is -2.09. The molecule has 0 aromatic heterocycles. The summed E-state index contributed by atoms with van der Waals surface area (Å²) in [5, 5.41) is 5.26. The zero-order chi connectivity index (χ0) is 16.2. The largest absolute Gasteiger partial charge is 0.491 e. The first-order chi connectivity index (χ1) is 10.4. The summed E-state index contributed by atoms with van der Waals surface area (Å²) in [6.07, 6.45) is -5.22. The predicted octanol–water partition coefficient (Wildman–Crippen LogP) is 1.66. The number of benzene rings is 1. The van der Waals surface area contributed by atoms with Crippen molar-refractivity contribution in [3.05, 3.63) is 35.9 Å². The summed E-state index contributed by atoms with van der Waals surface area (Å²) in [5.41, 5.74) is 0.256. The monoisotopic (exact) mass is 316 g/mol. The Bertz CT molecular complexity index is 528. The van der Waals surface area contributed by atoms with Crippen LogP contribution in [0.3, 0.4) is 0 Å². The van der Waals surface area contributed by atoms with Gasteiger partial charge >= 0.3 is 12.1 Å². The highest BCUT2D eigenvalue weighted by Gasteiger charge is 2.43. The van der Waals surface area contributed by atoms with Gasteiger partial charge in [0.1, 0.15) is 0 Å². The molecule has 0 saturated carbocycles. The third-order valence-electron chi connectivity index (χ3n) is 3.21. The fourth-order valence-electron chi connectivity index (χ4n) is 2.12. The number of halogens is 3. The van der Waals surface area contributed by atoms with Gasteiger partial charge in [0.05, 0.1) is 6.04 Å². The van der Waals surface area contributed by atoms with Crippen molar-refractivity contribution in [1.29, 1.82) is 0 Å². The summed E-state index contributed by atoms with van der Waals surface area (Å²) < 4.78 is 41.5. The van der Waals surface area contributed by atoms with Gasteiger partial charge in [0.15, 0.2) is 0 Å². The highest BCUT2D eigenvalue weighted by molar-refractivity contribution is 5.83. The Labute approximate surface area is 124 Å². The SMILES string of the molecule is O=C(NC(OC(=O)C(F)(F)F)c1ccccc1)[C@@H]1CCCN1. The zero-order valence-electron chi connectivity index (χ0n) is 11.5. The molecule has 5 nitrogen and oxygen atoms in total. The second-order valence-corrected chi connectivity index (χ2v) is 4.85.